The quantitative estimate of drug-likeness (QED) is 0.405. The highest BCUT2D eigenvalue weighted by Crippen LogP contribution is 2.33. The Morgan fingerprint density at radius 1 is 1.24 bits per heavy atom. The number of benzene rings is 2. The van der Waals surface area contributed by atoms with Gasteiger partial charge in [-0.15, -0.1) is 0 Å². The molecule has 9 nitrogen and oxygen atoms in total. The number of nitrogens with zero attached hydrogens (tertiary/aromatic N) is 3. The molecule has 3 aromatic rings. The molecule has 2 aromatic carbocycles. The molecule has 0 aliphatic heterocycles. The van der Waals surface area contributed by atoms with E-state index in [1.54, 1.807) is 0 Å². The summed E-state index contributed by atoms with van der Waals surface area (Å²) in [7, 11) is 2.87. The standard InChI is InChI=1S/C16H15N5O4/c1-24-14-7-10(13(21(22)23)8-15(14)25-2)9-17-20-16-18-11-5-3-4-6-12(11)19-16/h3-9H,1-2H3,(H2,18,19,20)/b17-9+. The van der Waals surface area contributed by atoms with Crippen LogP contribution in [0.3, 0.4) is 0 Å². The summed E-state index contributed by atoms with van der Waals surface area (Å²) in [6.07, 6.45) is 1.33. The molecule has 25 heavy (non-hydrogen) atoms. The number of aromatic amines is 1. The Bertz CT molecular complexity index is 918. The lowest BCUT2D eigenvalue weighted by Gasteiger charge is -2.08. The van der Waals surface area contributed by atoms with Gasteiger partial charge in [-0.25, -0.2) is 10.4 Å². The highest BCUT2D eigenvalue weighted by Gasteiger charge is 2.18. The number of H-pyrrole nitrogens is 1. The van der Waals surface area contributed by atoms with E-state index in [1.165, 1.54) is 32.6 Å². The van der Waals surface area contributed by atoms with Gasteiger partial charge in [0.15, 0.2) is 11.5 Å². The molecule has 1 aromatic heterocycles. The van der Waals surface area contributed by atoms with Gasteiger partial charge in [0.05, 0.1) is 48.0 Å². The minimum absolute atomic E-state index is 0.146. The maximum atomic E-state index is 11.2. The molecule has 0 aliphatic carbocycles. The van der Waals surface area contributed by atoms with Gasteiger partial charge in [-0.05, 0) is 18.2 Å². The van der Waals surface area contributed by atoms with E-state index in [-0.39, 0.29) is 17.0 Å². The summed E-state index contributed by atoms with van der Waals surface area (Å²) in [6, 6.07) is 10.3. The van der Waals surface area contributed by atoms with Gasteiger partial charge >= 0.3 is 0 Å². The lowest BCUT2D eigenvalue weighted by Crippen LogP contribution is -2.00. The molecular formula is C16H15N5O4. The second-order valence-electron chi connectivity index (χ2n) is 5.00. The number of para-hydroxylation sites is 2. The minimum atomic E-state index is -0.509. The number of ether oxygens (including phenoxy) is 2. The summed E-state index contributed by atoms with van der Waals surface area (Å²) >= 11 is 0. The van der Waals surface area contributed by atoms with Gasteiger partial charge in [0, 0.05) is 0 Å². The normalized spacial score (nSPS) is 11.0. The highest BCUT2D eigenvalue weighted by atomic mass is 16.6. The van der Waals surface area contributed by atoms with Crippen LogP contribution >= 0.6 is 0 Å². The van der Waals surface area contributed by atoms with Gasteiger partial charge in [-0.1, -0.05) is 12.1 Å². The van der Waals surface area contributed by atoms with Crippen molar-refractivity contribution in [2.45, 2.75) is 0 Å². The zero-order valence-electron chi connectivity index (χ0n) is 13.5. The van der Waals surface area contributed by atoms with Crippen LogP contribution in [-0.2, 0) is 0 Å². The first-order valence-corrected chi connectivity index (χ1v) is 7.26. The van der Waals surface area contributed by atoms with Crippen LogP contribution in [-0.4, -0.2) is 35.3 Å². The largest absolute Gasteiger partial charge is 0.493 e. The van der Waals surface area contributed by atoms with E-state index in [2.05, 4.69) is 20.5 Å². The summed E-state index contributed by atoms with van der Waals surface area (Å²) in [6.45, 7) is 0. The molecule has 1 heterocycles. The smallest absolute Gasteiger partial charge is 0.282 e. The Hall–Kier alpha value is -3.62. The fourth-order valence-corrected chi connectivity index (χ4v) is 2.31. The Balaban J connectivity index is 1.87. The molecule has 0 saturated heterocycles. The highest BCUT2D eigenvalue weighted by molar-refractivity contribution is 5.87. The maximum absolute atomic E-state index is 11.2. The third-order valence-corrected chi connectivity index (χ3v) is 3.49. The first kappa shape index (κ1) is 16.2. The lowest BCUT2D eigenvalue weighted by atomic mass is 10.1. The topological polar surface area (TPSA) is 115 Å². The van der Waals surface area contributed by atoms with Crippen molar-refractivity contribution in [1.29, 1.82) is 0 Å². The Labute approximate surface area is 142 Å². The van der Waals surface area contributed by atoms with Crippen molar-refractivity contribution in [3.63, 3.8) is 0 Å². The van der Waals surface area contributed by atoms with E-state index < -0.39 is 4.92 Å². The molecule has 9 heteroatoms. The Kier molecular flexibility index (Phi) is 4.46. The van der Waals surface area contributed by atoms with Crippen LogP contribution in [0.15, 0.2) is 41.5 Å². The molecule has 0 bridgehead atoms. The number of methoxy groups -OCH3 is 2. The third-order valence-electron chi connectivity index (χ3n) is 3.49. The minimum Gasteiger partial charge on any atom is -0.493 e. The summed E-state index contributed by atoms with van der Waals surface area (Å²) in [5.74, 6) is 1.08. The van der Waals surface area contributed by atoms with E-state index >= 15 is 0 Å². The van der Waals surface area contributed by atoms with Gasteiger partial charge in [-0.3, -0.25) is 10.1 Å². The molecule has 0 radical (unpaired) electrons. The monoisotopic (exact) mass is 341 g/mol. The zero-order valence-corrected chi connectivity index (χ0v) is 13.5. The fourth-order valence-electron chi connectivity index (χ4n) is 2.31. The lowest BCUT2D eigenvalue weighted by molar-refractivity contribution is -0.385. The van der Waals surface area contributed by atoms with E-state index in [0.29, 0.717) is 11.7 Å². The molecule has 0 spiro atoms. The second kappa shape index (κ2) is 6.87. The van der Waals surface area contributed by atoms with E-state index in [4.69, 9.17) is 9.47 Å². The van der Waals surface area contributed by atoms with Gasteiger partial charge in [0.1, 0.15) is 0 Å². The number of hydrogen-bond donors (Lipinski definition) is 2. The first-order valence-electron chi connectivity index (χ1n) is 7.26. The van der Waals surface area contributed by atoms with Crippen LogP contribution in [0.4, 0.5) is 11.6 Å². The molecule has 3 rings (SSSR count). The number of hydrazone groups is 1. The number of fused-ring (bicyclic) bond motifs is 1. The van der Waals surface area contributed by atoms with Crippen molar-refractivity contribution in [3.05, 3.63) is 52.1 Å². The Morgan fingerprint density at radius 3 is 2.64 bits per heavy atom. The Morgan fingerprint density at radius 2 is 1.96 bits per heavy atom. The first-order chi connectivity index (χ1) is 12.1. The third kappa shape index (κ3) is 3.34. The van der Waals surface area contributed by atoms with Crippen molar-refractivity contribution in [2.24, 2.45) is 5.10 Å². The molecule has 0 unspecified atom stereocenters. The molecular weight excluding hydrogens is 326 g/mol. The number of anilines is 1. The predicted molar refractivity (Wildman–Crippen MR) is 93.5 cm³/mol. The molecule has 128 valence electrons. The molecule has 0 aliphatic rings. The number of hydrogen-bond acceptors (Lipinski definition) is 7. The number of nitro groups is 1. The molecule has 0 amide bonds. The summed E-state index contributed by atoms with van der Waals surface area (Å²) in [5.41, 5.74) is 4.49. The van der Waals surface area contributed by atoms with Gasteiger partial charge in [-0.2, -0.15) is 5.10 Å². The van der Waals surface area contributed by atoms with Crippen LogP contribution < -0.4 is 14.9 Å². The SMILES string of the molecule is COc1cc(/C=N/Nc2nc3ccccc3[nH]2)c([N+](=O)[O-])cc1OC. The average Bonchev–Trinajstić information content (AvgIpc) is 3.03. The number of aromatic nitrogens is 2. The zero-order chi connectivity index (χ0) is 17.8. The van der Waals surface area contributed by atoms with Crippen LogP contribution in [0.25, 0.3) is 11.0 Å². The number of nitrogens with one attached hydrogen (secondary N) is 2. The van der Waals surface area contributed by atoms with Crippen molar-refractivity contribution < 1.29 is 14.4 Å². The predicted octanol–water partition coefficient (Wildman–Crippen LogP) is 2.93. The van der Waals surface area contributed by atoms with E-state index in [9.17, 15) is 10.1 Å². The fraction of sp³-hybridized carbons (Fsp3) is 0.125. The van der Waals surface area contributed by atoms with Crippen molar-refractivity contribution >= 4 is 28.9 Å². The van der Waals surface area contributed by atoms with Crippen LogP contribution in [0.5, 0.6) is 11.5 Å². The van der Waals surface area contributed by atoms with E-state index in [0.717, 1.165) is 11.0 Å². The number of imidazole rings is 1. The molecule has 0 saturated carbocycles. The maximum Gasteiger partial charge on any atom is 0.282 e. The van der Waals surface area contributed by atoms with Gasteiger partial charge in [0.2, 0.25) is 5.95 Å². The van der Waals surface area contributed by atoms with Crippen molar-refractivity contribution in [2.75, 3.05) is 19.6 Å². The van der Waals surface area contributed by atoms with Gasteiger partial charge < -0.3 is 14.5 Å². The van der Waals surface area contributed by atoms with E-state index in [1.807, 2.05) is 24.3 Å². The van der Waals surface area contributed by atoms with Crippen LogP contribution in [0.1, 0.15) is 5.56 Å². The van der Waals surface area contributed by atoms with Crippen LogP contribution in [0, 0.1) is 10.1 Å². The van der Waals surface area contributed by atoms with Gasteiger partial charge in [0.25, 0.3) is 5.69 Å². The van der Waals surface area contributed by atoms with Crippen LogP contribution in [0.2, 0.25) is 0 Å². The summed E-state index contributed by atoms with van der Waals surface area (Å²) < 4.78 is 10.3. The second-order valence-corrected chi connectivity index (χ2v) is 5.00. The van der Waals surface area contributed by atoms with Crippen molar-refractivity contribution in [1.82, 2.24) is 9.97 Å². The van der Waals surface area contributed by atoms with Crippen molar-refractivity contribution in [3.8, 4) is 11.5 Å². The number of nitro benzene ring substituents is 1. The summed E-state index contributed by atoms with van der Waals surface area (Å²) in [5, 5.41) is 15.3. The summed E-state index contributed by atoms with van der Waals surface area (Å²) in [4.78, 5) is 18.1. The molecule has 2 N–H and O–H groups in total. The molecule has 0 atom stereocenters. The average molecular weight is 341 g/mol. The number of rotatable bonds is 6. The molecule has 0 fully saturated rings.